The predicted molar refractivity (Wildman–Crippen MR) is 191 cm³/mol. The Kier molecular flexibility index (Phi) is 18.2. The molecule has 0 saturated carbocycles. The molecule has 3 unspecified atom stereocenters. The molecule has 1 rings (SSSR count). The number of rotatable bonds is 23. The van der Waals surface area contributed by atoms with Crippen molar-refractivity contribution in [3.63, 3.8) is 0 Å². The molecular formula is C39H63F9O7. The van der Waals surface area contributed by atoms with Crippen LogP contribution in [0.2, 0.25) is 0 Å². The second kappa shape index (κ2) is 18.9. The van der Waals surface area contributed by atoms with Gasteiger partial charge in [-0.05, 0) is 95.4 Å². The van der Waals surface area contributed by atoms with E-state index in [0.717, 1.165) is 34.6 Å². The Morgan fingerprint density at radius 1 is 0.709 bits per heavy atom. The van der Waals surface area contributed by atoms with E-state index in [1.54, 1.807) is 34.6 Å². The number of hydrogen-bond acceptors (Lipinski definition) is 7. The fourth-order valence-corrected chi connectivity index (χ4v) is 5.60. The molecule has 1 aliphatic heterocycles. The van der Waals surface area contributed by atoms with Crippen LogP contribution in [0.15, 0.2) is 0 Å². The quantitative estimate of drug-likeness (QED) is 0.0752. The molecule has 0 N–H and O–H groups in total. The van der Waals surface area contributed by atoms with Gasteiger partial charge in [0.15, 0.2) is 0 Å². The maximum atomic E-state index is 15.1. The average molecular weight is 815 g/mol. The average Bonchev–Trinajstić information content (AvgIpc) is 3.00. The summed E-state index contributed by atoms with van der Waals surface area (Å²) < 4.78 is 163. The topological polar surface area (TPSA) is 64.6 Å². The van der Waals surface area contributed by atoms with Crippen LogP contribution in [0, 0.1) is 30.6 Å². The van der Waals surface area contributed by atoms with E-state index in [2.05, 4.69) is 21.3 Å². The molecule has 324 valence electrons. The Balaban J connectivity index is 0.00000106. The van der Waals surface area contributed by atoms with Crippen molar-refractivity contribution in [3.8, 4) is 24.7 Å². The van der Waals surface area contributed by atoms with Crippen LogP contribution in [-0.2, 0) is 33.2 Å². The van der Waals surface area contributed by atoms with E-state index in [0.29, 0.717) is 20.0 Å². The van der Waals surface area contributed by atoms with Crippen molar-refractivity contribution in [3.05, 3.63) is 0 Å². The molecule has 0 aromatic heterocycles. The van der Waals surface area contributed by atoms with Crippen molar-refractivity contribution in [2.75, 3.05) is 33.5 Å². The molecule has 7 nitrogen and oxygen atoms in total. The van der Waals surface area contributed by atoms with Crippen LogP contribution in [-0.4, -0.2) is 97.1 Å². The third-order valence-corrected chi connectivity index (χ3v) is 9.53. The van der Waals surface area contributed by atoms with Gasteiger partial charge >= 0.3 is 24.1 Å². The van der Waals surface area contributed by atoms with Crippen LogP contribution in [0.1, 0.15) is 122 Å². The number of halogens is 9. The predicted octanol–water partition coefficient (Wildman–Crippen LogP) is 10.4. The largest absolute Gasteiger partial charge is 0.422 e. The molecule has 0 amide bonds. The Hall–Kier alpha value is -1.79. The lowest BCUT2D eigenvalue weighted by Gasteiger charge is -2.54. The minimum atomic E-state index is -4.78. The molecule has 1 heterocycles. The number of ether oxygens (including phenoxy) is 7. The summed E-state index contributed by atoms with van der Waals surface area (Å²) in [6, 6.07) is 0. The van der Waals surface area contributed by atoms with Crippen LogP contribution in [0.4, 0.5) is 39.5 Å². The van der Waals surface area contributed by atoms with E-state index < -0.39 is 82.3 Å². The Labute approximate surface area is 322 Å². The minimum Gasteiger partial charge on any atom is -0.375 e. The smallest absolute Gasteiger partial charge is 0.375 e. The maximum absolute atomic E-state index is 15.1. The molecule has 1 fully saturated rings. The Bertz CT molecular complexity index is 1280. The van der Waals surface area contributed by atoms with Gasteiger partial charge < -0.3 is 33.2 Å². The highest BCUT2D eigenvalue weighted by molar-refractivity contribution is 5.08. The van der Waals surface area contributed by atoms with E-state index in [1.807, 2.05) is 13.8 Å². The van der Waals surface area contributed by atoms with Crippen LogP contribution >= 0.6 is 0 Å². The van der Waals surface area contributed by atoms with Crippen molar-refractivity contribution < 1.29 is 72.7 Å². The van der Waals surface area contributed by atoms with E-state index in [4.69, 9.17) is 36.5 Å². The number of alkyl halides is 9. The van der Waals surface area contributed by atoms with Crippen molar-refractivity contribution in [1.29, 1.82) is 0 Å². The SMILES string of the molecule is C#CCOC(C)(C)CCOC(C)(C)C(F)(F)C(C)(C)OC(F)(F)C(C)CC.C#CCOC(C)(C)CCOC(C)(C)CC1(F)CC(C)(C(F)(F)C(F)(F)OC)O1. The van der Waals surface area contributed by atoms with Crippen molar-refractivity contribution in [1.82, 2.24) is 0 Å². The minimum absolute atomic E-state index is 0.0575. The third kappa shape index (κ3) is 14.5. The van der Waals surface area contributed by atoms with Gasteiger partial charge in [0.2, 0.25) is 5.85 Å². The summed E-state index contributed by atoms with van der Waals surface area (Å²) in [7, 11) is 0.449. The van der Waals surface area contributed by atoms with E-state index >= 15 is 8.78 Å². The fraction of sp³-hybridized carbons (Fsp3) is 0.897. The lowest BCUT2D eigenvalue weighted by atomic mass is 9.79. The highest BCUT2D eigenvalue weighted by Gasteiger charge is 2.76. The summed E-state index contributed by atoms with van der Waals surface area (Å²) in [5.41, 5.74) is -9.48. The van der Waals surface area contributed by atoms with E-state index in [-0.39, 0.29) is 32.8 Å². The molecule has 0 radical (unpaired) electrons. The fourth-order valence-electron chi connectivity index (χ4n) is 5.60. The number of terminal acetylenes is 2. The second-order valence-corrected chi connectivity index (χ2v) is 16.9. The highest BCUT2D eigenvalue weighted by atomic mass is 19.3. The first-order valence-electron chi connectivity index (χ1n) is 18.0. The molecule has 0 aliphatic carbocycles. The zero-order valence-electron chi connectivity index (χ0n) is 34.9. The second-order valence-electron chi connectivity index (χ2n) is 16.9. The molecule has 0 bridgehead atoms. The molecule has 0 aromatic rings. The number of methoxy groups -OCH3 is 1. The summed E-state index contributed by atoms with van der Waals surface area (Å²) >= 11 is 0. The molecule has 0 spiro atoms. The third-order valence-electron chi connectivity index (χ3n) is 9.53. The van der Waals surface area contributed by atoms with Gasteiger partial charge in [0.05, 0.1) is 30.0 Å². The molecule has 0 aromatic carbocycles. The van der Waals surface area contributed by atoms with Gasteiger partial charge in [-0.25, -0.2) is 13.2 Å². The first kappa shape index (κ1) is 53.2. The molecule has 16 heteroatoms. The zero-order valence-corrected chi connectivity index (χ0v) is 34.9. The van der Waals surface area contributed by atoms with Gasteiger partial charge in [-0.15, -0.1) is 12.8 Å². The first-order valence-corrected chi connectivity index (χ1v) is 18.0. The molecule has 3 atom stereocenters. The zero-order chi connectivity index (χ0) is 43.8. The lowest BCUT2D eigenvalue weighted by Crippen LogP contribution is -2.70. The van der Waals surface area contributed by atoms with Crippen LogP contribution in [0.25, 0.3) is 0 Å². The summed E-state index contributed by atoms with van der Waals surface area (Å²) in [6.45, 7) is 18.4. The van der Waals surface area contributed by atoms with Gasteiger partial charge in [-0.2, -0.15) is 26.3 Å². The Morgan fingerprint density at radius 2 is 1.13 bits per heavy atom. The first-order chi connectivity index (χ1) is 24.4. The summed E-state index contributed by atoms with van der Waals surface area (Å²) in [4.78, 5) is 0. The lowest BCUT2D eigenvalue weighted by molar-refractivity contribution is -0.454. The summed E-state index contributed by atoms with van der Waals surface area (Å²) in [5, 5.41) is 0. The van der Waals surface area contributed by atoms with Gasteiger partial charge in [0.1, 0.15) is 30.0 Å². The van der Waals surface area contributed by atoms with E-state index in [1.165, 1.54) is 6.92 Å². The summed E-state index contributed by atoms with van der Waals surface area (Å²) in [5.74, 6) is -7.40. The van der Waals surface area contributed by atoms with Gasteiger partial charge in [-0.1, -0.05) is 25.7 Å². The molecule has 1 aliphatic rings. The molecule has 1 saturated heterocycles. The van der Waals surface area contributed by atoms with Gasteiger partial charge in [0, 0.05) is 25.9 Å². The monoisotopic (exact) mass is 814 g/mol. The van der Waals surface area contributed by atoms with Crippen molar-refractivity contribution in [2.45, 2.75) is 186 Å². The van der Waals surface area contributed by atoms with E-state index in [9.17, 15) is 30.7 Å². The normalized spacial score (nSPS) is 21.2. The standard InChI is InChI=1S/C20H34F4O3.C19H29F5O4/c1-10-13-25-16(4,5)12-14-26-17(6,7)20(23,24)18(8,9)27-19(21,22)15(3)11-2;1-8-10-26-14(2,3)9-11-27-15(4,5)12-17(20)13-16(6,28-17)18(21,22)19(23,24)25-7/h1,15H,11-14H2,2-9H3;1H,9-13H2,2-7H3. The van der Waals surface area contributed by atoms with Crippen LogP contribution < -0.4 is 0 Å². The van der Waals surface area contributed by atoms with Crippen LogP contribution in [0.5, 0.6) is 0 Å². The Morgan fingerprint density at radius 3 is 1.51 bits per heavy atom. The van der Waals surface area contributed by atoms with Gasteiger partial charge in [0.25, 0.3) is 0 Å². The molecular weight excluding hydrogens is 751 g/mol. The number of hydrogen-bond donors (Lipinski definition) is 0. The highest BCUT2D eigenvalue weighted by Crippen LogP contribution is 2.58. The van der Waals surface area contributed by atoms with Crippen molar-refractivity contribution >= 4 is 0 Å². The van der Waals surface area contributed by atoms with Gasteiger partial charge in [-0.3, -0.25) is 0 Å². The summed E-state index contributed by atoms with van der Waals surface area (Å²) in [6.07, 6.45) is 1.35. The van der Waals surface area contributed by atoms with Crippen molar-refractivity contribution in [2.24, 2.45) is 5.92 Å². The molecule has 55 heavy (non-hydrogen) atoms. The maximum Gasteiger partial charge on any atom is 0.422 e. The van der Waals surface area contributed by atoms with Crippen LogP contribution in [0.3, 0.4) is 0 Å².